The third-order valence-corrected chi connectivity index (χ3v) is 2.04. The molecule has 4 heteroatoms. The smallest absolute Gasteiger partial charge is 0.217 e. The SMILES string of the molecule is CC(=O)NCC#Cc1c(C)ccnc1Cl. The first kappa shape index (κ1) is 11.5. The second-order valence-corrected chi connectivity index (χ2v) is 3.36. The fourth-order valence-corrected chi connectivity index (χ4v) is 1.23. The lowest BCUT2D eigenvalue weighted by molar-refractivity contribution is -0.118. The van der Waals surface area contributed by atoms with E-state index in [4.69, 9.17) is 11.6 Å². The number of nitrogens with zero attached hydrogens (tertiary/aromatic N) is 1. The molecule has 0 saturated heterocycles. The quantitative estimate of drug-likeness (QED) is 0.579. The van der Waals surface area contributed by atoms with E-state index in [2.05, 4.69) is 22.1 Å². The molecule has 0 saturated carbocycles. The lowest BCUT2D eigenvalue weighted by Gasteiger charge is -1.98. The first-order valence-corrected chi connectivity index (χ1v) is 4.83. The van der Waals surface area contributed by atoms with Gasteiger partial charge in [0.1, 0.15) is 5.15 Å². The molecule has 3 nitrogen and oxygen atoms in total. The number of carbonyl (C=O) groups is 1. The Balaban J connectivity index is 2.75. The van der Waals surface area contributed by atoms with E-state index in [-0.39, 0.29) is 5.91 Å². The van der Waals surface area contributed by atoms with Gasteiger partial charge in [0, 0.05) is 13.1 Å². The third kappa shape index (κ3) is 3.61. The normalized spacial score (nSPS) is 9.00. The maximum Gasteiger partial charge on any atom is 0.217 e. The highest BCUT2D eigenvalue weighted by Crippen LogP contribution is 2.14. The molecule has 0 aliphatic rings. The Morgan fingerprint density at radius 2 is 2.40 bits per heavy atom. The Morgan fingerprint density at radius 1 is 1.67 bits per heavy atom. The number of pyridine rings is 1. The lowest BCUT2D eigenvalue weighted by Crippen LogP contribution is -2.19. The summed E-state index contributed by atoms with van der Waals surface area (Å²) < 4.78 is 0. The van der Waals surface area contributed by atoms with Crippen molar-refractivity contribution in [3.05, 3.63) is 28.5 Å². The molecule has 0 unspecified atom stereocenters. The summed E-state index contributed by atoms with van der Waals surface area (Å²) in [6.45, 7) is 3.68. The molecular formula is C11H11ClN2O. The van der Waals surface area contributed by atoms with Crippen molar-refractivity contribution in [3.8, 4) is 11.8 Å². The molecule has 15 heavy (non-hydrogen) atoms. The highest BCUT2D eigenvalue weighted by Gasteiger charge is 2.00. The summed E-state index contributed by atoms with van der Waals surface area (Å²) in [6.07, 6.45) is 1.64. The molecule has 1 N–H and O–H groups in total. The van der Waals surface area contributed by atoms with E-state index in [1.54, 1.807) is 6.20 Å². The van der Waals surface area contributed by atoms with E-state index >= 15 is 0 Å². The second kappa shape index (κ2) is 5.38. The number of aromatic nitrogens is 1. The minimum absolute atomic E-state index is 0.0988. The van der Waals surface area contributed by atoms with Gasteiger partial charge in [0.15, 0.2) is 0 Å². The summed E-state index contributed by atoms with van der Waals surface area (Å²) in [5, 5.41) is 2.97. The van der Waals surface area contributed by atoms with Crippen LogP contribution in [0.25, 0.3) is 0 Å². The van der Waals surface area contributed by atoms with Crippen molar-refractivity contribution >= 4 is 17.5 Å². The molecule has 78 valence electrons. The van der Waals surface area contributed by atoms with Gasteiger partial charge in [-0.3, -0.25) is 4.79 Å². The standard InChI is InChI=1S/C11H11ClN2O/c1-8-5-7-14-11(12)10(8)4-3-6-13-9(2)15/h5,7H,6H2,1-2H3,(H,13,15). The number of carbonyl (C=O) groups excluding carboxylic acids is 1. The van der Waals surface area contributed by atoms with Gasteiger partial charge in [-0.15, -0.1) is 0 Å². The van der Waals surface area contributed by atoms with E-state index in [1.807, 2.05) is 13.0 Å². The Bertz CT molecular complexity index is 412. The van der Waals surface area contributed by atoms with Crippen molar-refractivity contribution in [2.45, 2.75) is 13.8 Å². The highest BCUT2D eigenvalue weighted by atomic mass is 35.5. The van der Waals surface area contributed by atoms with Gasteiger partial charge in [-0.1, -0.05) is 23.4 Å². The predicted octanol–water partition coefficient (Wildman–Crippen LogP) is 1.53. The van der Waals surface area contributed by atoms with Crippen LogP contribution in [0.15, 0.2) is 12.3 Å². The van der Waals surface area contributed by atoms with Gasteiger partial charge in [0.25, 0.3) is 0 Å². The number of aryl methyl sites for hydroxylation is 1. The van der Waals surface area contributed by atoms with Gasteiger partial charge in [-0.25, -0.2) is 4.98 Å². The number of amides is 1. The Labute approximate surface area is 93.9 Å². The van der Waals surface area contributed by atoms with Gasteiger partial charge in [0.05, 0.1) is 12.1 Å². The number of nitrogens with one attached hydrogen (secondary N) is 1. The number of hydrogen-bond donors (Lipinski definition) is 1. The Kier molecular flexibility index (Phi) is 4.14. The van der Waals surface area contributed by atoms with Crippen molar-refractivity contribution in [3.63, 3.8) is 0 Å². The summed E-state index contributed by atoms with van der Waals surface area (Å²) in [5.41, 5.74) is 1.69. The molecule has 0 atom stereocenters. The van der Waals surface area contributed by atoms with Crippen LogP contribution in [0.2, 0.25) is 5.15 Å². The highest BCUT2D eigenvalue weighted by molar-refractivity contribution is 6.30. The van der Waals surface area contributed by atoms with E-state index in [9.17, 15) is 4.79 Å². The zero-order chi connectivity index (χ0) is 11.3. The van der Waals surface area contributed by atoms with Crippen molar-refractivity contribution in [1.29, 1.82) is 0 Å². The predicted molar refractivity (Wildman–Crippen MR) is 59.5 cm³/mol. The molecule has 1 aromatic heterocycles. The van der Waals surface area contributed by atoms with Gasteiger partial charge >= 0.3 is 0 Å². The van der Waals surface area contributed by atoms with E-state index < -0.39 is 0 Å². The van der Waals surface area contributed by atoms with Crippen molar-refractivity contribution < 1.29 is 4.79 Å². The number of hydrogen-bond acceptors (Lipinski definition) is 2. The van der Waals surface area contributed by atoms with Crippen LogP contribution in [-0.4, -0.2) is 17.4 Å². The molecule has 0 fully saturated rings. The maximum atomic E-state index is 10.6. The number of rotatable bonds is 1. The minimum Gasteiger partial charge on any atom is -0.345 e. The summed E-state index contributed by atoms with van der Waals surface area (Å²) in [4.78, 5) is 14.5. The first-order chi connectivity index (χ1) is 7.11. The van der Waals surface area contributed by atoms with Crippen LogP contribution in [0.4, 0.5) is 0 Å². The van der Waals surface area contributed by atoms with E-state index in [0.29, 0.717) is 17.3 Å². The average molecular weight is 223 g/mol. The monoisotopic (exact) mass is 222 g/mol. The summed E-state index contributed by atoms with van der Waals surface area (Å²) >= 11 is 5.87. The van der Waals surface area contributed by atoms with Crippen LogP contribution in [0.5, 0.6) is 0 Å². The minimum atomic E-state index is -0.0988. The molecule has 1 heterocycles. The van der Waals surface area contributed by atoms with Crippen LogP contribution in [-0.2, 0) is 4.79 Å². The summed E-state index contributed by atoms with van der Waals surface area (Å²) in [6, 6.07) is 1.84. The molecule has 0 spiro atoms. The molecular weight excluding hydrogens is 212 g/mol. The molecule has 0 aromatic carbocycles. The molecule has 0 aliphatic heterocycles. The van der Waals surface area contributed by atoms with Crippen LogP contribution in [0.1, 0.15) is 18.1 Å². The van der Waals surface area contributed by atoms with Gasteiger partial charge in [-0.05, 0) is 18.6 Å². The van der Waals surface area contributed by atoms with Gasteiger partial charge < -0.3 is 5.32 Å². The molecule has 0 bridgehead atoms. The van der Waals surface area contributed by atoms with Crippen LogP contribution in [0, 0.1) is 18.8 Å². The van der Waals surface area contributed by atoms with E-state index in [1.165, 1.54) is 6.92 Å². The Morgan fingerprint density at radius 3 is 3.00 bits per heavy atom. The maximum absolute atomic E-state index is 10.6. The molecule has 1 aromatic rings. The van der Waals surface area contributed by atoms with Gasteiger partial charge in [-0.2, -0.15) is 0 Å². The number of halogens is 1. The van der Waals surface area contributed by atoms with Gasteiger partial charge in [0.2, 0.25) is 5.91 Å². The van der Waals surface area contributed by atoms with Crippen LogP contribution < -0.4 is 5.32 Å². The largest absolute Gasteiger partial charge is 0.345 e. The van der Waals surface area contributed by atoms with Crippen LogP contribution >= 0.6 is 11.6 Å². The topological polar surface area (TPSA) is 42.0 Å². The first-order valence-electron chi connectivity index (χ1n) is 4.45. The summed E-state index contributed by atoms with van der Waals surface area (Å²) in [5.74, 6) is 5.59. The van der Waals surface area contributed by atoms with Crippen LogP contribution in [0.3, 0.4) is 0 Å². The molecule has 1 amide bonds. The molecule has 1 rings (SSSR count). The van der Waals surface area contributed by atoms with E-state index in [0.717, 1.165) is 5.56 Å². The fraction of sp³-hybridized carbons (Fsp3) is 0.273. The average Bonchev–Trinajstić information content (AvgIpc) is 2.15. The molecule has 0 aliphatic carbocycles. The van der Waals surface area contributed by atoms with Crippen molar-refractivity contribution in [2.24, 2.45) is 0 Å². The summed E-state index contributed by atoms with van der Waals surface area (Å²) in [7, 11) is 0. The fourth-order valence-electron chi connectivity index (χ4n) is 0.977. The van der Waals surface area contributed by atoms with Crippen molar-refractivity contribution in [1.82, 2.24) is 10.3 Å². The van der Waals surface area contributed by atoms with Crippen molar-refractivity contribution in [2.75, 3.05) is 6.54 Å². The lowest BCUT2D eigenvalue weighted by atomic mass is 10.2. The second-order valence-electron chi connectivity index (χ2n) is 3.01. The zero-order valence-electron chi connectivity index (χ0n) is 8.60. The molecule has 0 radical (unpaired) electrons. The Hall–Kier alpha value is -1.53. The third-order valence-electron chi connectivity index (χ3n) is 1.75. The zero-order valence-corrected chi connectivity index (χ0v) is 9.35.